The topological polar surface area (TPSA) is 92.4 Å². The van der Waals surface area contributed by atoms with E-state index in [1.807, 2.05) is 10.7 Å². The van der Waals surface area contributed by atoms with Crippen molar-refractivity contribution in [3.8, 4) is 17.1 Å². The van der Waals surface area contributed by atoms with Gasteiger partial charge in [-0.25, -0.2) is 14.6 Å². The first-order valence-electron chi connectivity index (χ1n) is 11.2. The molecular weight excluding hydrogens is 394 g/mol. The zero-order valence-electron chi connectivity index (χ0n) is 17.8. The summed E-state index contributed by atoms with van der Waals surface area (Å²) in [6.45, 7) is 7.24. The molecule has 2 saturated heterocycles. The fourth-order valence-electron chi connectivity index (χ4n) is 4.37. The first kappa shape index (κ1) is 20.1. The smallest absolute Gasteiger partial charge is 0.184 e. The first-order valence-corrected chi connectivity index (χ1v) is 11.2. The van der Waals surface area contributed by atoms with Crippen molar-refractivity contribution in [1.82, 2.24) is 29.9 Å². The van der Waals surface area contributed by atoms with E-state index in [4.69, 9.17) is 14.7 Å². The lowest BCUT2D eigenvalue weighted by atomic mass is 10.2. The largest absolute Gasteiger partial charge is 0.508 e. The maximum Gasteiger partial charge on any atom is 0.184 e. The van der Waals surface area contributed by atoms with E-state index in [2.05, 4.69) is 20.1 Å². The van der Waals surface area contributed by atoms with E-state index < -0.39 is 0 Å². The highest BCUT2D eigenvalue weighted by Crippen LogP contribution is 2.28. The number of phenols is 1. The van der Waals surface area contributed by atoms with Crippen LogP contribution >= 0.6 is 0 Å². The summed E-state index contributed by atoms with van der Waals surface area (Å²) >= 11 is 0. The quantitative estimate of drug-likeness (QED) is 0.579. The number of likely N-dealkylation sites (tertiary alicyclic amines) is 1. The molecule has 31 heavy (non-hydrogen) atoms. The summed E-state index contributed by atoms with van der Waals surface area (Å²) in [7, 11) is 0. The lowest BCUT2D eigenvalue weighted by Gasteiger charge is -2.28. The Morgan fingerprint density at radius 3 is 2.58 bits per heavy atom. The SMILES string of the molecule is Oc1cccc(-c2nc(N3CCOCC3)c3nnn(CCCCN4CCCC4)c3n2)c1. The minimum absolute atomic E-state index is 0.197. The Kier molecular flexibility index (Phi) is 5.95. The van der Waals surface area contributed by atoms with Crippen LogP contribution in [0.1, 0.15) is 25.7 Å². The molecule has 0 amide bonds. The molecule has 3 aromatic rings. The molecule has 2 aliphatic rings. The van der Waals surface area contributed by atoms with Gasteiger partial charge in [0, 0.05) is 25.2 Å². The Labute approximate surface area is 181 Å². The Hall–Kier alpha value is -2.78. The lowest BCUT2D eigenvalue weighted by Crippen LogP contribution is -2.37. The van der Waals surface area contributed by atoms with Crippen LogP contribution in [0.25, 0.3) is 22.6 Å². The summed E-state index contributed by atoms with van der Waals surface area (Å²) in [6.07, 6.45) is 4.83. The van der Waals surface area contributed by atoms with Gasteiger partial charge in [-0.3, -0.25) is 0 Å². The number of anilines is 1. The number of hydrogen-bond donors (Lipinski definition) is 1. The second-order valence-electron chi connectivity index (χ2n) is 8.26. The van der Waals surface area contributed by atoms with Crippen molar-refractivity contribution < 1.29 is 9.84 Å². The molecule has 2 aliphatic heterocycles. The molecule has 5 rings (SSSR count). The van der Waals surface area contributed by atoms with Crippen LogP contribution in [0, 0.1) is 0 Å². The number of fused-ring (bicyclic) bond motifs is 1. The summed E-state index contributed by atoms with van der Waals surface area (Å²) in [4.78, 5) is 14.4. The number of aromatic nitrogens is 5. The average molecular weight is 424 g/mol. The normalized spacial score (nSPS) is 17.6. The van der Waals surface area contributed by atoms with Crippen LogP contribution in [0.4, 0.5) is 5.82 Å². The number of nitrogens with zero attached hydrogens (tertiary/aromatic N) is 7. The number of hydrogen-bond acceptors (Lipinski definition) is 8. The van der Waals surface area contributed by atoms with Crippen LogP contribution in [0.3, 0.4) is 0 Å². The van der Waals surface area contributed by atoms with E-state index in [1.54, 1.807) is 18.2 Å². The highest BCUT2D eigenvalue weighted by Gasteiger charge is 2.22. The third kappa shape index (κ3) is 4.47. The number of aromatic hydroxyl groups is 1. The third-order valence-corrected chi connectivity index (χ3v) is 6.05. The van der Waals surface area contributed by atoms with Crippen LogP contribution in [0.2, 0.25) is 0 Å². The molecule has 2 aromatic heterocycles. The number of aryl methyl sites for hydroxylation is 1. The standard InChI is InChI=1S/C22H29N7O2/c30-18-7-5-6-17(16-18)20-23-21(28-12-14-31-15-13-28)19-22(24-20)29(26-25-19)11-4-3-10-27-8-1-2-9-27/h5-7,16,30H,1-4,8-15H2. The van der Waals surface area contributed by atoms with Crippen LogP contribution in [-0.2, 0) is 11.3 Å². The van der Waals surface area contributed by atoms with Gasteiger partial charge in [-0.05, 0) is 57.5 Å². The molecule has 0 unspecified atom stereocenters. The Balaban J connectivity index is 1.43. The maximum absolute atomic E-state index is 9.94. The van der Waals surface area contributed by atoms with Gasteiger partial charge in [0.05, 0.1) is 13.2 Å². The molecule has 1 N–H and O–H groups in total. The van der Waals surface area contributed by atoms with Gasteiger partial charge < -0.3 is 19.6 Å². The van der Waals surface area contributed by atoms with Crippen molar-refractivity contribution in [1.29, 1.82) is 0 Å². The van der Waals surface area contributed by atoms with Crippen molar-refractivity contribution in [2.75, 3.05) is 50.8 Å². The van der Waals surface area contributed by atoms with Crippen molar-refractivity contribution in [2.24, 2.45) is 0 Å². The van der Waals surface area contributed by atoms with Gasteiger partial charge in [-0.15, -0.1) is 5.10 Å². The molecule has 0 atom stereocenters. The van der Waals surface area contributed by atoms with E-state index in [0.29, 0.717) is 19.0 Å². The summed E-state index contributed by atoms with van der Waals surface area (Å²) < 4.78 is 7.41. The molecular formula is C22H29N7O2. The van der Waals surface area contributed by atoms with E-state index in [-0.39, 0.29) is 5.75 Å². The van der Waals surface area contributed by atoms with Crippen molar-refractivity contribution in [3.05, 3.63) is 24.3 Å². The molecule has 0 spiro atoms. The maximum atomic E-state index is 9.94. The van der Waals surface area contributed by atoms with Gasteiger partial charge in [-0.1, -0.05) is 17.3 Å². The van der Waals surface area contributed by atoms with Gasteiger partial charge in [0.2, 0.25) is 0 Å². The number of rotatable bonds is 7. The lowest BCUT2D eigenvalue weighted by molar-refractivity contribution is 0.122. The summed E-state index contributed by atoms with van der Waals surface area (Å²) in [5.41, 5.74) is 2.25. The molecule has 0 bridgehead atoms. The van der Waals surface area contributed by atoms with Crippen molar-refractivity contribution >= 4 is 17.0 Å². The molecule has 4 heterocycles. The molecule has 2 fully saturated rings. The Bertz CT molecular complexity index is 1030. The van der Waals surface area contributed by atoms with Crippen LogP contribution < -0.4 is 4.90 Å². The second-order valence-corrected chi connectivity index (χ2v) is 8.26. The summed E-state index contributed by atoms with van der Waals surface area (Å²) in [5, 5.41) is 18.8. The predicted octanol–water partition coefficient (Wildman–Crippen LogP) is 2.31. The highest BCUT2D eigenvalue weighted by molar-refractivity contribution is 5.85. The van der Waals surface area contributed by atoms with Crippen LogP contribution in [0.5, 0.6) is 5.75 Å². The van der Waals surface area contributed by atoms with E-state index in [9.17, 15) is 5.11 Å². The molecule has 0 aliphatic carbocycles. The minimum atomic E-state index is 0.197. The number of phenolic OH excluding ortho intramolecular Hbond substituents is 1. The minimum Gasteiger partial charge on any atom is -0.508 e. The zero-order valence-corrected chi connectivity index (χ0v) is 17.8. The number of morpholine rings is 1. The van der Waals surface area contributed by atoms with Crippen LogP contribution in [0.15, 0.2) is 24.3 Å². The Morgan fingerprint density at radius 1 is 0.968 bits per heavy atom. The van der Waals surface area contributed by atoms with Crippen LogP contribution in [-0.4, -0.2) is 80.9 Å². The van der Waals surface area contributed by atoms with Gasteiger partial charge in [0.1, 0.15) is 5.75 Å². The fourth-order valence-corrected chi connectivity index (χ4v) is 4.37. The average Bonchev–Trinajstić information content (AvgIpc) is 3.47. The van der Waals surface area contributed by atoms with Crippen molar-refractivity contribution in [3.63, 3.8) is 0 Å². The highest BCUT2D eigenvalue weighted by atomic mass is 16.5. The van der Waals surface area contributed by atoms with E-state index in [0.717, 1.165) is 61.6 Å². The first-order chi connectivity index (χ1) is 15.3. The predicted molar refractivity (Wildman–Crippen MR) is 118 cm³/mol. The molecule has 9 heteroatoms. The zero-order chi connectivity index (χ0) is 21.0. The number of unbranched alkanes of at least 4 members (excludes halogenated alkanes) is 1. The number of ether oxygens (including phenoxy) is 1. The fraction of sp³-hybridized carbons (Fsp3) is 0.545. The Morgan fingerprint density at radius 2 is 1.77 bits per heavy atom. The summed E-state index contributed by atoms with van der Waals surface area (Å²) in [6, 6.07) is 7.06. The van der Waals surface area contributed by atoms with Crippen molar-refractivity contribution in [2.45, 2.75) is 32.2 Å². The molecule has 9 nitrogen and oxygen atoms in total. The van der Waals surface area contributed by atoms with Gasteiger partial charge in [-0.2, -0.15) is 0 Å². The molecule has 164 valence electrons. The van der Waals surface area contributed by atoms with Gasteiger partial charge >= 0.3 is 0 Å². The van der Waals surface area contributed by atoms with E-state index in [1.165, 1.54) is 25.9 Å². The van der Waals surface area contributed by atoms with Gasteiger partial charge in [0.15, 0.2) is 22.8 Å². The molecule has 1 aromatic carbocycles. The summed E-state index contributed by atoms with van der Waals surface area (Å²) in [5.74, 6) is 1.56. The monoisotopic (exact) mass is 423 g/mol. The number of benzene rings is 1. The second kappa shape index (κ2) is 9.15. The third-order valence-electron chi connectivity index (χ3n) is 6.05. The molecule has 0 saturated carbocycles. The van der Waals surface area contributed by atoms with Gasteiger partial charge in [0.25, 0.3) is 0 Å². The molecule has 0 radical (unpaired) electrons. The van der Waals surface area contributed by atoms with E-state index >= 15 is 0 Å².